The fourth-order valence-corrected chi connectivity index (χ4v) is 2.92. The fourth-order valence-electron chi connectivity index (χ4n) is 2.92. The molecule has 2 amide bonds. The summed E-state index contributed by atoms with van der Waals surface area (Å²) in [6.45, 7) is 1.96. The topological polar surface area (TPSA) is 106 Å². The summed E-state index contributed by atoms with van der Waals surface area (Å²) in [6.07, 6.45) is 7.11. The molecule has 1 aliphatic heterocycles. The average molecular weight is 316 g/mol. The molecule has 3 heterocycles. The van der Waals surface area contributed by atoms with Crippen molar-refractivity contribution in [2.24, 2.45) is 11.7 Å². The molecule has 1 aliphatic rings. The minimum Gasteiger partial charge on any atom is -0.369 e. The second-order valence-corrected chi connectivity index (χ2v) is 5.82. The highest BCUT2D eigenvalue weighted by molar-refractivity contribution is 5.79. The molecule has 3 rings (SSSR count). The fraction of sp³-hybridized carbons (Fsp3) is 0.467. The number of piperidine rings is 1. The zero-order chi connectivity index (χ0) is 16.2. The van der Waals surface area contributed by atoms with E-state index >= 15 is 0 Å². The lowest BCUT2D eigenvalue weighted by Crippen LogP contribution is -2.45. The maximum Gasteiger partial charge on any atom is 0.233 e. The molecule has 8 nitrogen and oxygen atoms in total. The number of likely N-dealkylation sites (tertiary alicyclic amines) is 1. The Morgan fingerprint density at radius 1 is 1.43 bits per heavy atom. The summed E-state index contributed by atoms with van der Waals surface area (Å²) in [5, 5.41) is 2.92. The number of hydrogen-bond acceptors (Lipinski definition) is 5. The van der Waals surface area contributed by atoms with Crippen molar-refractivity contribution in [3.05, 3.63) is 30.4 Å². The van der Waals surface area contributed by atoms with Gasteiger partial charge in [0.2, 0.25) is 17.6 Å². The minimum absolute atomic E-state index is 0.0100. The molecule has 2 aromatic heterocycles. The van der Waals surface area contributed by atoms with Gasteiger partial charge in [-0.1, -0.05) is 0 Å². The number of imidazole rings is 1. The van der Waals surface area contributed by atoms with Crippen LogP contribution in [0.2, 0.25) is 0 Å². The lowest BCUT2D eigenvalue weighted by molar-refractivity contribution is -0.128. The molecule has 23 heavy (non-hydrogen) atoms. The third-order valence-electron chi connectivity index (χ3n) is 3.98. The second kappa shape index (κ2) is 6.74. The Labute approximate surface area is 133 Å². The van der Waals surface area contributed by atoms with Gasteiger partial charge in [0.25, 0.3) is 0 Å². The van der Waals surface area contributed by atoms with Gasteiger partial charge in [-0.25, -0.2) is 9.97 Å². The second-order valence-electron chi connectivity index (χ2n) is 5.82. The van der Waals surface area contributed by atoms with Gasteiger partial charge < -0.3 is 11.1 Å². The molecule has 3 N–H and O–H groups in total. The van der Waals surface area contributed by atoms with Crippen molar-refractivity contribution >= 4 is 17.6 Å². The quantitative estimate of drug-likeness (QED) is 0.777. The first kappa shape index (κ1) is 15.4. The van der Waals surface area contributed by atoms with Crippen molar-refractivity contribution < 1.29 is 9.59 Å². The molecule has 0 spiro atoms. The van der Waals surface area contributed by atoms with E-state index in [1.807, 2.05) is 27.8 Å². The third-order valence-corrected chi connectivity index (χ3v) is 3.98. The number of rotatable bonds is 5. The zero-order valence-corrected chi connectivity index (χ0v) is 12.8. The predicted molar refractivity (Wildman–Crippen MR) is 83.2 cm³/mol. The van der Waals surface area contributed by atoms with E-state index in [-0.39, 0.29) is 24.3 Å². The van der Waals surface area contributed by atoms with Gasteiger partial charge in [0, 0.05) is 25.1 Å². The van der Waals surface area contributed by atoms with Crippen LogP contribution in [0.5, 0.6) is 0 Å². The Balaban J connectivity index is 1.55. The summed E-state index contributed by atoms with van der Waals surface area (Å²) in [5.41, 5.74) is 5.98. The zero-order valence-electron chi connectivity index (χ0n) is 12.8. The van der Waals surface area contributed by atoms with E-state index in [9.17, 15) is 9.59 Å². The van der Waals surface area contributed by atoms with Crippen LogP contribution < -0.4 is 11.1 Å². The van der Waals surface area contributed by atoms with E-state index < -0.39 is 0 Å². The Kier molecular flexibility index (Phi) is 4.52. The van der Waals surface area contributed by atoms with Crippen LogP contribution in [0, 0.1) is 5.92 Å². The van der Waals surface area contributed by atoms with Crippen molar-refractivity contribution in [2.75, 3.05) is 19.6 Å². The van der Waals surface area contributed by atoms with Crippen LogP contribution in [0.25, 0.3) is 5.78 Å². The van der Waals surface area contributed by atoms with Crippen LogP contribution in [0.15, 0.2) is 24.7 Å². The molecule has 0 aliphatic carbocycles. The normalized spacial score (nSPS) is 18.9. The first-order valence-electron chi connectivity index (χ1n) is 7.69. The van der Waals surface area contributed by atoms with E-state index in [2.05, 4.69) is 15.3 Å². The van der Waals surface area contributed by atoms with Crippen molar-refractivity contribution in [3.63, 3.8) is 0 Å². The van der Waals surface area contributed by atoms with Crippen LogP contribution in [0.3, 0.4) is 0 Å². The molecule has 0 unspecified atom stereocenters. The van der Waals surface area contributed by atoms with Crippen LogP contribution in [-0.2, 0) is 16.1 Å². The number of nitrogens with two attached hydrogens (primary N) is 1. The largest absolute Gasteiger partial charge is 0.369 e. The van der Waals surface area contributed by atoms with Crippen LogP contribution in [0.4, 0.5) is 0 Å². The van der Waals surface area contributed by atoms with Crippen molar-refractivity contribution in [2.45, 2.75) is 19.4 Å². The summed E-state index contributed by atoms with van der Waals surface area (Å²) < 4.78 is 1.82. The number of fused-ring (bicyclic) bond motifs is 1. The highest BCUT2D eigenvalue weighted by Gasteiger charge is 2.26. The van der Waals surface area contributed by atoms with Gasteiger partial charge in [-0.2, -0.15) is 0 Å². The summed E-state index contributed by atoms with van der Waals surface area (Å²) in [5.74, 6) is 0.132. The lowest BCUT2D eigenvalue weighted by atomic mass is 9.97. The first-order chi connectivity index (χ1) is 11.1. The lowest BCUT2D eigenvalue weighted by Gasteiger charge is -2.30. The Hall–Kier alpha value is -2.48. The SMILES string of the molecule is NC(=O)CN1CCC[C@@H](C(=O)NCc2cn3cccnc3n2)C1. The molecule has 0 bridgehead atoms. The summed E-state index contributed by atoms with van der Waals surface area (Å²) in [7, 11) is 0. The van der Waals surface area contributed by atoms with Gasteiger partial charge in [-0.05, 0) is 25.5 Å². The van der Waals surface area contributed by atoms with Crippen LogP contribution in [-0.4, -0.2) is 50.7 Å². The van der Waals surface area contributed by atoms with Crippen LogP contribution >= 0.6 is 0 Å². The standard InChI is InChI=1S/C15H20N6O2/c16-13(22)10-20-5-1-3-11(8-20)14(23)18-7-12-9-21-6-2-4-17-15(21)19-12/h2,4,6,9,11H,1,3,5,7-8,10H2,(H2,16,22)(H,18,23)/t11-/m1/s1. The van der Waals surface area contributed by atoms with E-state index in [0.717, 1.165) is 25.1 Å². The van der Waals surface area contributed by atoms with Crippen molar-refractivity contribution in [3.8, 4) is 0 Å². The van der Waals surface area contributed by atoms with Gasteiger partial charge in [0.05, 0.1) is 24.7 Å². The van der Waals surface area contributed by atoms with Gasteiger partial charge in [0.1, 0.15) is 0 Å². The molecular formula is C15H20N6O2. The van der Waals surface area contributed by atoms with Gasteiger partial charge in [-0.15, -0.1) is 0 Å². The number of nitrogens with one attached hydrogen (secondary N) is 1. The number of amides is 2. The molecule has 1 saturated heterocycles. The highest BCUT2D eigenvalue weighted by Crippen LogP contribution is 2.16. The maximum atomic E-state index is 12.3. The number of carbonyl (C=O) groups is 2. The summed E-state index contributed by atoms with van der Waals surface area (Å²) in [4.78, 5) is 33.7. The molecule has 1 fully saturated rings. The third kappa shape index (κ3) is 3.84. The Bertz CT molecular complexity index is 680. The number of nitrogens with zero attached hydrogens (tertiary/aromatic N) is 4. The molecule has 0 radical (unpaired) electrons. The number of hydrogen-bond donors (Lipinski definition) is 2. The monoisotopic (exact) mass is 316 g/mol. The average Bonchev–Trinajstić information content (AvgIpc) is 2.95. The molecule has 1 atom stereocenters. The predicted octanol–water partition coefficient (Wildman–Crippen LogP) is -0.457. The van der Waals surface area contributed by atoms with E-state index in [1.54, 1.807) is 6.20 Å². The van der Waals surface area contributed by atoms with E-state index in [0.29, 0.717) is 18.9 Å². The smallest absolute Gasteiger partial charge is 0.233 e. The maximum absolute atomic E-state index is 12.3. The number of aromatic nitrogens is 3. The van der Waals surface area contributed by atoms with E-state index in [4.69, 9.17) is 5.73 Å². The Morgan fingerprint density at radius 2 is 2.30 bits per heavy atom. The molecular weight excluding hydrogens is 296 g/mol. The molecule has 122 valence electrons. The summed E-state index contributed by atoms with van der Waals surface area (Å²) >= 11 is 0. The molecule has 0 aromatic carbocycles. The number of primary amides is 1. The van der Waals surface area contributed by atoms with Crippen LogP contribution in [0.1, 0.15) is 18.5 Å². The first-order valence-corrected chi connectivity index (χ1v) is 7.69. The van der Waals surface area contributed by atoms with Crippen molar-refractivity contribution in [1.29, 1.82) is 0 Å². The Morgan fingerprint density at radius 3 is 3.09 bits per heavy atom. The van der Waals surface area contributed by atoms with E-state index in [1.165, 1.54) is 0 Å². The summed E-state index contributed by atoms with van der Waals surface area (Å²) in [6, 6.07) is 1.83. The molecule has 0 saturated carbocycles. The van der Waals surface area contributed by atoms with Crippen molar-refractivity contribution in [1.82, 2.24) is 24.6 Å². The van der Waals surface area contributed by atoms with Gasteiger partial charge in [-0.3, -0.25) is 18.9 Å². The highest BCUT2D eigenvalue weighted by atomic mass is 16.2. The molecule has 8 heteroatoms. The minimum atomic E-state index is -0.358. The number of carbonyl (C=O) groups excluding carboxylic acids is 2. The van der Waals surface area contributed by atoms with Gasteiger partial charge in [0.15, 0.2) is 0 Å². The molecule has 2 aromatic rings. The van der Waals surface area contributed by atoms with Gasteiger partial charge >= 0.3 is 0 Å².